The second kappa shape index (κ2) is 8.73. The molecule has 1 N–H and O–H groups in total. The van der Waals surface area contributed by atoms with Gasteiger partial charge in [-0.25, -0.2) is 8.42 Å². The minimum atomic E-state index is -3.72. The Morgan fingerprint density at radius 3 is 2.57 bits per heavy atom. The Morgan fingerprint density at radius 2 is 1.77 bits per heavy atom. The van der Waals surface area contributed by atoms with Crippen molar-refractivity contribution in [2.75, 3.05) is 26.3 Å². The number of nitrogens with zero attached hydrogens (tertiary/aromatic N) is 1. The van der Waals surface area contributed by atoms with E-state index in [-0.39, 0.29) is 28.6 Å². The van der Waals surface area contributed by atoms with Gasteiger partial charge in [0.05, 0.1) is 28.7 Å². The van der Waals surface area contributed by atoms with Gasteiger partial charge in [-0.3, -0.25) is 4.79 Å². The molecule has 30 heavy (non-hydrogen) atoms. The maximum absolute atomic E-state index is 12.9. The van der Waals surface area contributed by atoms with Crippen LogP contribution in [0.15, 0.2) is 65.6 Å². The molecule has 0 bridgehead atoms. The maximum atomic E-state index is 12.9. The van der Waals surface area contributed by atoms with Crippen molar-refractivity contribution in [1.82, 2.24) is 9.62 Å². The molecule has 0 radical (unpaired) electrons. The number of fused-ring (bicyclic) bond motifs is 1. The number of morpholine rings is 1. The van der Waals surface area contributed by atoms with Gasteiger partial charge >= 0.3 is 0 Å². The smallest absolute Gasteiger partial charge is 0.253 e. The highest BCUT2D eigenvalue weighted by molar-refractivity contribution is 7.89. The molecular weight excluding hydrogens is 424 g/mol. The number of benzene rings is 3. The normalized spacial score (nSPS) is 15.2. The third kappa shape index (κ3) is 4.20. The van der Waals surface area contributed by atoms with E-state index < -0.39 is 15.9 Å². The topological polar surface area (TPSA) is 75.7 Å². The zero-order valence-electron chi connectivity index (χ0n) is 16.2. The quantitative estimate of drug-likeness (QED) is 0.654. The van der Waals surface area contributed by atoms with Gasteiger partial charge in [-0.05, 0) is 34.5 Å². The summed E-state index contributed by atoms with van der Waals surface area (Å²) in [6.45, 7) is 1.58. The molecule has 3 aromatic rings. The molecule has 0 aliphatic carbocycles. The predicted molar refractivity (Wildman–Crippen MR) is 116 cm³/mol. The fourth-order valence-electron chi connectivity index (χ4n) is 3.49. The first-order valence-corrected chi connectivity index (χ1v) is 11.4. The molecule has 4 rings (SSSR count). The minimum absolute atomic E-state index is 0.0455. The van der Waals surface area contributed by atoms with Crippen LogP contribution >= 0.6 is 11.6 Å². The summed E-state index contributed by atoms with van der Waals surface area (Å²) >= 11 is 6.21. The summed E-state index contributed by atoms with van der Waals surface area (Å²) in [4.78, 5) is 12.9. The van der Waals surface area contributed by atoms with Gasteiger partial charge < -0.3 is 10.1 Å². The maximum Gasteiger partial charge on any atom is 0.253 e. The van der Waals surface area contributed by atoms with Gasteiger partial charge in [0.15, 0.2) is 0 Å². The summed E-state index contributed by atoms with van der Waals surface area (Å²) in [6, 6.07) is 18.0. The molecule has 1 amide bonds. The molecule has 0 saturated carbocycles. The van der Waals surface area contributed by atoms with Crippen molar-refractivity contribution >= 4 is 38.3 Å². The largest absolute Gasteiger partial charge is 0.379 e. The first kappa shape index (κ1) is 20.8. The number of nitrogens with one attached hydrogen (secondary N) is 1. The lowest BCUT2D eigenvalue weighted by atomic mass is 10.0. The molecule has 156 valence electrons. The van der Waals surface area contributed by atoms with E-state index in [9.17, 15) is 13.2 Å². The van der Waals surface area contributed by atoms with Crippen LogP contribution in [0.2, 0.25) is 5.02 Å². The molecule has 3 aromatic carbocycles. The number of halogens is 1. The highest BCUT2D eigenvalue weighted by atomic mass is 35.5. The Hall–Kier alpha value is -2.45. The van der Waals surface area contributed by atoms with Crippen LogP contribution in [-0.2, 0) is 21.3 Å². The number of carbonyl (C=O) groups is 1. The van der Waals surface area contributed by atoms with Crippen molar-refractivity contribution in [1.29, 1.82) is 0 Å². The van der Waals surface area contributed by atoms with Crippen LogP contribution in [0, 0.1) is 0 Å². The van der Waals surface area contributed by atoms with Gasteiger partial charge in [-0.15, -0.1) is 0 Å². The molecule has 0 aromatic heterocycles. The lowest BCUT2D eigenvalue weighted by Crippen LogP contribution is -2.40. The fourth-order valence-corrected chi connectivity index (χ4v) is 5.13. The van der Waals surface area contributed by atoms with Crippen LogP contribution in [0.1, 0.15) is 15.9 Å². The molecule has 0 unspecified atom stereocenters. The number of rotatable bonds is 5. The third-order valence-corrected chi connectivity index (χ3v) is 7.33. The molecule has 0 atom stereocenters. The summed E-state index contributed by atoms with van der Waals surface area (Å²) in [5, 5.41) is 5.19. The lowest BCUT2D eigenvalue weighted by Gasteiger charge is -2.26. The highest BCUT2D eigenvalue weighted by Gasteiger charge is 2.27. The van der Waals surface area contributed by atoms with Gasteiger partial charge in [-0.1, -0.05) is 54.1 Å². The summed E-state index contributed by atoms with van der Waals surface area (Å²) in [6.07, 6.45) is 0. The monoisotopic (exact) mass is 444 g/mol. The van der Waals surface area contributed by atoms with Crippen molar-refractivity contribution in [3.05, 3.63) is 76.8 Å². The highest BCUT2D eigenvalue weighted by Crippen LogP contribution is 2.24. The average molecular weight is 445 g/mol. The van der Waals surface area contributed by atoms with Crippen molar-refractivity contribution in [2.24, 2.45) is 0 Å². The van der Waals surface area contributed by atoms with E-state index in [4.69, 9.17) is 16.3 Å². The third-order valence-electron chi connectivity index (χ3n) is 5.11. The molecule has 1 saturated heterocycles. The van der Waals surface area contributed by atoms with Crippen LogP contribution in [0.3, 0.4) is 0 Å². The van der Waals surface area contributed by atoms with E-state index in [2.05, 4.69) is 5.32 Å². The summed E-state index contributed by atoms with van der Waals surface area (Å²) in [5.41, 5.74) is 1.10. The summed E-state index contributed by atoms with van der Waals surface area (Å²) in [7, 11) is -3.72. The molecule has 1 aliphatic rings. The van der Waals surface area contributed by atoms with Crippen LogP contribution in [0.4, 0.5) is 0 Å². The number of sulfonamides is 1. The number of amides is 1. The van der Waals surface area contributed by atoms with E-state index in [1.165, 1.54) is 22.5 Å². The van der Waals surface area contributed by atoms with E-state index in [1.807, 2.05) is 42.5 Å². The van der Waals surface area contributed by atoms with Gasteiger partial charge in [0.2, 0.25) is 10.0 Å². The fraction of sp³-hybridized carbons (Fsp3) is 0.227. The van der Waals surface area contributed by atoms with Crippen LogP contribution in [0.5, 0.6) is 0 Å². The summed E-state index contributed by atoms with van der Waals surface area (Å²) < 4.78 is 32.4. The van der Waals surface area contributed by atoms with Crippen molar-refractivity contribution in [2.45, 2.75) is 11.4 Å². The average Bonchev–Trinajstić information content (AvgIpc) is 2.78. The van der Waals surface area contributed by atoms with E-state index in [0.29, 0.717) is 19.8 Å². The first-order valence-electron chi connectivity index (χ1n) is 9.59. The van der Waals surface area contributed by atoms with Gasteiger partial charge in [0.1, 0.15) is 0 Å². The second-order valence-corrected chi connectivity index (χ2v) is 9.32. The molecule has 6 nitrogen and oxygen atoms in total. The molecule has 0 spiro atoms. The van der Waals surface area contributed by atoms with E-state index in [1.54, 1.807) is 0 Å². The number of carbonyl (C=O) groups excluding carboxylic acids is 1. The van der Waals surface area contributed by atoms with Gasteiger partial charge in [-0.2, -0.15) is 4.31 Å². The van der Waals surface area contributed by atoms with Crippen LogP contribution in [-0.4, -0.2) is 44.9 Å². The van der Waals surface area contributed by atoms with Crippen molar-refractivity contribution in [3.63, 3.8) is 0 Å². The second-order valence-electron chi connectivity index (χ2n) is 6.98. The number of ether oxygens (including phenoxy) is 1. The molecule has 8 heteroatoms. The lowest BCUT2D eigenvalue weighted by molar-refractivity contribution is 0.0730. The predicted octanol–water partition coefficient (Wildman–Crippen LogP) is 3.44. The summed E-state index contributed by atoms with van der Waals surface area (Å²) in [5.74, 6) is -0.424. The Morgan fingerprint density at radius 1 is 1.03 bits per heavy atom. The van der Waals surface area contributed by atoms with Crippen LogP contribution in [0.25, 0.3) is 10.8 Å². The molecule has 1 aliphatic heterocycles. The SMILES string of the molecule is O=C(NCc1cccc2ccccc12)c1cc(S(=O)(=O)N2CCOCC2)ccc1Cl. The van der Waals surface area contributed by atoms with E-state index >= 15 is 0 Å². The van der Waals surface area contributed by atoms with Crippen molar-refractivity contribution < 1.29 is 17.9 Å². The standard InChI is InChI=1S/C22H21ClN2O4S/c23-21-9-8-18(30(27,28)25-10-12-29-13-11-25)14-20(21)22(26)24-15-17-6-3-5-16-4-1-2-7-19(16)17/h1-9,14H,10-13,15H2,(H,24,26). The van der Waals surface area contributed by atoms with Crippen molar-refractivity contribution in [3.8, 4) is 0 Å². The Bertz CT molecular complexity index is 1190. The zero-order chi connectivity index (χ0) is 21.1. The minimum Gasteiger partial charge on any atom is -0.379 e. The first-order chi connectivity index (χ1) is 14.5. The Labute approximate surface area is 180 Å². The van der Waals surface area contributed by atoms with Crippen LogP contribution < -0.4 is 5.32 Å². The van der Waals surface area contributed by atoms with Gasteiger partial charge in [0.25, 0.3) is 5.91 Å². The zero-order valence-corrected chi connectivity index (χ0v) is 17.7. The number of hydrogen-bond acceptors (Lipinski definition) is 4. The van der Waals surface area contributed by atoms with E-state index in [0.717, 1.165) is 16.3 Å². The van der Waals surface area contributed by atoms with Gasteiger partial charge in [0, 0.05) is 19.6 Å². The molecular formula is C22H21ClN2O4S. The Balaban J connectivity index is 1.56. The molecule has 1 heterocycles. The number of hydrogen-bond donors (Lipinski definition) is 1. The molecule has 1 fully saturated rings. The Kier molecular flexibility index (Phi) is 6.06.